The lowest BCUT2D eigenvalue weighted by molar-refractivity contribution is -0.144. The Morgan fingerprint density at radius 3 is 2.63 bits per heavy atom. The van der Waals surface area contributed by atoms with Crippen molar-refractivity contribution in [3.8, 4) is 0 Å². The number of aliphatic carboxylic acids is 1. The minimum absolute atomic E-state index is 0.188. The maximum absolute atomic E-state index is 11.3. The molecule has 0 amide bonds. The number of nitrogens with one attached hydrogen (secondary N) is 1. The maximum Gasteiger partial charge on any atom is 0.307 e. The molecule has 1 saturated heterocycles. The summed E-state index contributed by atoms with van der Waals surface area (Å²) in [6, 6.07) is 0.934. The van der Waals surface area contributed by atoms with Crippen molar-refractivity contribution in [2.75, 3.05) is 19.6 Å². The third-order valence-corrected chi connectivity index (χ3v) is 5.10. The third kappa shape index (κ3) is 3.48. The first-order valence-electron chi connectivity index (χ1n) is 7.83. The monoisotopic (exact) mass is 266 g/mol. The number of likely N-dealkylation sites (tertiary alicyclic amines) is 1. The third-order valence-electron chi connectivity index (χ3n) is 5.10. The van der Waals surface area contributed by atoms with Crippen LogP contribution < -0.4 is 5.32 Å². The van der Waals surface area contributed by atoms with Crippen LogP contribution in [0.5, 0.6) is 0 Å². The highest BCUT2D eigenvalue weighted by Crippen LogP contribution is 2.36. The number of carboxylic acid groups (broad SMARTS) is 1. The minimum atomic E-state index is -0.620. The summed E-state index contributed by atoms with van der Waals surface area (Å²) in [6.45, 7) is 5.14. The minimum Gasteiger partial charge on any atom is -0.481 e. The lowest BCUT2D eigenvalue weighted by Gasteiger charge is -2.40. The molecule has 2 N–H and O–H groups in total. The molecule has 2 aliphatic carbocycles. The molecule has 3 rings (SSSR count). The molecule has 3 fully saturated rings. The molecule has 0 spiro atoms. The average Bonchev–Trinajstić information content (AvgIpc) is 3.28. The SMILES string of the molecule is CC(C1CC1)N1CC(NCC2CC2)CC(C(=O)O)C1. The zero-order valence-electron chi connectivity index (χ0n) is 11.8. The van der Waals surface area contributed by atoms with E-state index in [-0.39, 0.29) is 5.92 Å². The van der Waals surface area contributed by atoms with Gasteiger partial charge in [-0.3, -0.25) is 9.69 Å². The zero-order valence-corrected chi connectivity index (χ0v) is 11.8. The van der Waals surface area contributed by atoms with Gasteiger partial charge in [0.15, 0.2) is 0 Å². The van der Waals surface area contributed by atoms with Gasteiger partial charge in [0.05, 0.1) is 5.92 Å². The van der Waals surface area contributed by atoms with Crippen LogP contribution in [0.1, 0.15) is 39.0 Å². The molecule has 2 saturated carbocycles. The summed E-state index contributed by atoms with van der Waals surface area (Å²) >= 11 is 0. The Hall–Kier alpha value is -0.610. The van der Waals surface area contributed by atoms with E-state index in [0.717, 1.165) is 37.9 Å². The van der Waals surface area contributed by atoms with Gasteiger partial charge in [0, 0.05) is 25.2 Å². The zero-order chi connectivity index (χ0) is 13.4. The lowest BCUT2D eigenvalue weighted by atomic mass is 9.92. The molecule has 108 valence electrons. The van der Waals surface area contributed by atoms with E-state index in [4.69, 9.17) is 0 Å². The summed E-state index contributed by atoms with van der Waals surface area (Å²) in [4.78, 5) is 13.8. The van der Waals surface area contributed by atoms with Crippen molar-refractivity contribution in [2.45, 2.75) is 51.1 Å². The summed E-state index contributed by atoms with van der Waals surface area (Å²) in [7, 11) is 0. The number of rotatable bonds is 6. The smallest absolute Gasteiger partial charge is 0.307 e. The molecule has 3 aliphatic rings. The number of nitrogens with zero attached hydrogens (tertiary/aromatic N) is 1. The molecule has 19 heavy (non-hydrogen) atoms. The number of hydrogen-bond donors (Lipinski definition) is 2. The van der Waals surface area contributed by atoms with Crippen molar-refractivity contribution in [1.29, 1.82) is 0 Å². The molecule has 0 radical (unpaired) electrons. The van der Waals surface area contributed by atoms with Gasteiger partial charge in [-0.15, -0.1) is 0 Å². The standard InChI is InChI=1S/C15H26N2O2/c1-10(12-4-5-12)17-8-13(15(18)19)6-14(9-17)16-7-11-2-3-11/h10-14,16H,2-9H2,1H3,(H,18,19). The van der Waals surface area contributed by atoms with Crippen LogP contribution in [0, 0.1) is 17.8 Å². The van der Waals surface area contributed by atoms with Crippen molar-refractivity contribution < 1.29 is 9.90 Å². The molecule has 1 heterocycles. The fourth-order valence-electron chi connectivity index (χ4n) is 3.32. The molecule has 0 aromatic rings. The second kappa shape index (κ2) is 5.41. The Balaban J connectivity index is 1.57. The van der Waals surface area contributed by atoms with E-state index < -0.39 is 5.97 Å². The van der Waals surface area contributed by atoms with Crippen LogP contribution in [0.2, 0.25) is 0 Å². The molecule has 4 nitrogen and oxygen atoms in total. The number of carboxylic acids is 1. The van der Waals surface area contributed by atoms with Crippen LogP contribution in [0.3, 0.4) is 0 Å². The van der Waals surface area contributed by atoms with Crippen LogP contribution >= 0.6 is 0 Å². The van der Waals surface area contributed by atoms with Gasteiger partial charge in [0.25, 0.3) is 0 Å². The largest absolute Gasteiger partial charge is 0.481 e. The van der Waals surface area contributed by atoms with Crippen molar-refractivity contribution in [1.82, 2.24) is 10.2 Å². The van der Waals surface area contributed by atoms with Gasteiger partial charge in [-0.25, -0.2) is 0 Å². The Morgan fingerprint density at radius 2 is 2.05 bits per heavy atom. The molecule has 0 bridgehead atoms. The molecular formula is C15H26N2O2. The van der Waals surface area contributed by atoms with Crippen molar-refractivity contribution in [3.05, 3.63) is 0 Å². The second-order valence-electron chi connectivity index (χ2n) is 6.85. The number of carbonyl (C=O) groups is 1. The molecule has 0 aromatic carbocycles. The fourth-order valence-corrected chi connectivity index (χ4v) is 3.32. The molecule has 4 heteroatoms. The van der Waals surface area contributed by atoms with Gasteiger partial charge < -0.3 is 10.4 Å². The van der Waals surface area contributed by atoms with Crippen LogP contribution in [-0.4, -0.2) is 47.7 Å². The van der Waals surface area contributed by atoms with Gasteiger partial charge in [-0.05, 0) is 57.4 Å². The summed E-state index contributed by atoms with van der Waals surface area (Å²) in [5.41, 5.74) is 0. The number of hydrogen-bond acceptors (Lipinski definition) is 3. The fraction of sp³-hybridized carbons (Fsp3) is 0.933. The highest BCUT2D eigenvalue weighted by molar-refractivity contribution is 5.70. The molecule has 3 atom stereocenters. The maximum atomic E-state index is 11.3. The van der Waals surface area contributed by atoms with Gasteiger partial charge in [-0.1, -0.05) is 0 Å². The molecule has 0 aromatic heterocycles. The normalized spacial score (nSPS) is 34.2. The first-order chi connectivity index (χ1) is 9.13. The first-order valence-corrected chi connectivity index (χ1v) is 7.83. The van der Waals surface area contributed by atoms with E-state index in [0.29, 0.717) is 12.1 Å². The predicted octanol–water partition coefficient (Wildman–Crippen LogP) is 1.56. The second-order valence-corrected chi connectivity index (χ2v) is 6.85. The van der Waals surface area contributed by atoms with Crippen LogP contribution in [0.25, 0.3) is 0 Å². The van der Waals surface area contributed by atoms with Crippen molar-refractivity contribution >= 4 is 5.97 Å². The topological polar surface area (TPSA) is 52.6 Å². The highest BCUT2D eigenvalue weighted by atomic mass is 16.4. The number of piperidine rings is 1. The Labute approximate surface area is 115 Å². The van der Waals surface area contributed by atoms with Gasteiger partial charge in [0.2, 0.25) is 0 Å². The lowest BCUT2D eigenvalue weighted by Crippen LogP contribution is -2.54. The summed E-state index contributed by atoms with van der Waals surface area (Å²) in [5, 5.41) is 13.0. The summed E-state index contributed by atoms with van der Waals surface area (Å²) in [6.07, 6.45) is 6.16. The Morgan fingerprint density at radius 1 is 1.32 bits per heavy atom. The first kappa shape index (κ1) is 13.4. The van der Waals surface area contributed by atoms with Crippen molar-refractivity contribution in [3.63, 3.8) is 0 Å². The quantitative estimate of drug-likeness (QED) is 0.766. The van der Waals surface area contributed by atoms with E-state index in [1.165, 1.54) is 25.7 Å². The molecular weight excluding hydrogens is 240 g/mol. The summed E-state index contributed by atoms with van der Waals surface area (Å²) in [5.74, 6) is 0.869. The highest BCUT2D eigenvalue weighted by Gasteiger charge is 2.38. The van der Waals surface area contributed by atoms with E-state index >= 15 is 0 Å². The van der Waals surface area contributed by atoms with Crippen LogP contribution in [-0.2, 0) is 4.79 Å². The van der Waals surface area contributed by atoms with E-state index in [1.807, 2.05) is 0 Å². The van der Waals surface area contributed by atoms with E-state index in [1.54, 1.807) is 0 Å². The predicted molar refractivity (Wildman–Crippen MR) is 74.0 cm³/mol. The van der Waals surface area contributed by atoms with Gasteiger partial charge in [0.1, 0.15) is 0 Å². The van der Waals surface area contributed by atoms with Crippen molar-refractivity contribution in [2.24, 2.45) is 17.8 Å². The average molecular weight is 266 g/mol. The molecule has 3 unspecified atom stereocenters. The van der Waals surface area contributed by atoms with Gasteiger partial charge >= 0.3 is 5.97 Å². The Kier molecular flexibility index (Phi) is 3.81. The van der Waals surface area contributed by atoms with Crippen LogP contribution in [0.15, 0.2) is 0 Å². The van der Waals surface area contributed by atoms with Gasteiger partial charge in [-0.2, -0.15) is 0 Å². The van der Waals surface area contributed by atoms with E-state index in [9.17, 15) is 9.90 Å². The summed E-state index contributed by atoms with van der Waals surface area (Å²) < 4.78 is 0. The van der Waals surface area contributed by atoms with E-state index in [2.05, 4.69) is 17.1 Å². The Bertz CT molecular complexity index is 339. The molecule has 1 aliphatic heterocycles. The van der Waals surface area contributed by atoms with Crippen LogP contribution in [0.4, 0.5) is 0 Å².